The predicted molar refractivity (Wildman–Crippen MR) is 85.1 cm³/mol. The molecule has 0 radical (unpaired) electrons. The van der Waals surface area contributed by atoms with Crippen LogP contribution in [0.2, 0.25) is 0 Å². The zero-order chi connectivity index (χ0) is 15.2. The molecule has 0 spiro atoms. The third-order valence-electron chi connectivity index (χ3n) is 4.05. The van der Waals surface area contributed by atoms with Crippen molar-refractivity contribution in [3.63, 3.8) is 0 Å². The van der Waals surface area contributed by atoms with Crippen molar-refractivity contribution in [2.24, 2.45) is 0 Å². The van der Waals surface area contributed by atoms with E-state index >= 15 is 0 Å². The second-order valence-electron chi connectivity index (χ2n) is 5.49. The maximum Gasteiger partial charge on any atom is 0.250 e. The number of nitrogens with one attached hydrogen (secondary N) is 2. The fourth-order valence-electron chi connectivity index (χ4n) is 2.82. The molecule has 1 aromatic heterocycles. The number of rotatable bonds is 5. The normalized spacial score (nSPS) is 24.8. The van der Waals surface area contributed by atoms with E-state index in [4.69, 9.17) is 9.47 Å². The van der Waals surface area contributed by atoms with Gasteiger partial charge in [-0.25, -0.2) is 0 Å². The van der Waals surface area contributed by atoms with Crippen molar-refractivity contribution < 1.29 is 14.3 Å². The quantitative estimate of drug-likeness (QED) is 0.811. The van der Waals surface area contributed by atoms with Gasteiger partial charge < -0.3 is 20.1 Å². The Morgan fingerprint density at radius 1 is 1.45 bits per heavy atom. The molecule has 2 aliphatic rings. The van der Waals surface area contributed by atoms with E-state index < -0.39 is 0 Å². The van der Waals surface area contributed by atoms with E-state index in [9.17, 15) is 4.79 Å². The maximum atomic E-state index is 12.2. The molecule has 122 valence electrons. The topological polar surface area (TPSA) is 62.8 Å². The molecule has 2 atom stereocenters. The minimum Gasteiger partial charge on any atom is -0.379 e. The number of hydrogen-bond acceptors (Lipinski definition) is 6. The van der Waals surface area contributed by atoms with Gasteiger partial charge in [-0.15, -0.1) is 11.3 Å². The summed E-state index contributed by atoms with van der Waals surface area (Å²) in [6.45, 7) is 5.92. The summed E-state index contributed by atoms with van der Waals surface area (Å²) >= 11 is 1.73. The number of thiophene rings is 1. The Morgan fingerprint density at radius 2 is 2.32 bits per heavy atom. The molecule has 1 amide bonds. The predicted octanol–water partition coefficient (Wildman–Crippen LogP) is 0.226. The molecule has 2 saturated heterocycles. The molecule has 0 saturated carbocycles. The van der Waals surface area contributed by atoms with E-state index in [1.807, 2.05) is 0 Å². The molecule has 6 nitrogen and oxygen atoms in total. The summed E-state index contributed by atoms with van der Waals surface area (Å²) in [7, 11) is 0. The monoisotopic (exact) mass is 325 g/mol. The lowest BCUT2D eigenvalue weighted by Gasteiger charge is -2.34. The van der Waals surface area contributed by atoms with Crippen LogP contribution in [0.4, 0.5) is 0 Å². The lowest BCUT2D eigenvalue weighted by Crippen LogP contribution is -2.50. The summed E-state index contributed by atoms with van der Waals surface area (Å²) in [5, 5.41) is 8.32. The number of nitrogens with zero attached hydrogens (tertiary/aromatic N) is 1. The van der Waals surface area contributed by atoms with Crippen molar-refractivity contribution in [3.8, 4) is 0 Å². The second-order valence-corrected chi connectivity index (χ2v) is 6.47. The van der Waals surface area contributed by atoms with E-state index in [-0.39, 0.29) is 18.1 Å². The molecule has 0 aromatic carbocycles. The van der Waals surface area contributed by atoms with Crippen LogP contribution in [0, 0.1) is 0 Å². The summed E-state index contributed by atoms with van der Waals surface area (Å²) in [5.41, 5.74) is 0. The summed E-state index contributed by atoms with van der Waals surface area (Å²) in [5.74, 6) is -0.0259. The van der Waals surface area contributed by atoms with Crippen LogP contribution in [-0.2, 0) is 14.3 Å². The molecule has 1 aromatic rings. The van der Waals surface area contributed by atoms with Crippen LogP contribution < -0.4 is 10.6 Å². The Hall–Kier alpha value is -0.990. The minimum atomic E-state index is -0.373. The number of ether oxygens (including phenoxy) is 2. The van der Waals surface area contributed by atoms with Gasteiger partial charge in [0.2, 0.25) is 0 Å². The first-order valence-corrected chi connectivity index (χ1v) is 8.68. The van der Waals surface area contributed by atoms with Gasteiger partial charge in [0.15, 0.2) is 0 Å². The van der Waals surface area contributed by atoms with Crippen LogP contribution in [0.25, 0.3) is 0 Å². The summed E-state index contributed by atoms with van der Waals surface area (Å²) in [6, 6.07) is 4.41. The van der Waals surface area contributed by atoms with Crippen LogP contribution in [0.3, 0.4) is 0 Å². The van der Waals surface area contributed by atoms with Gasteiger partial charge >= 0.3 is 0 Å². The van der Waals surface area contributed by atoms with Gasteiger partial charge in [-0.2, -0.15) is 0 Å². The van der Waals surface area contributed by atoms with Crippen molar-refractivity contribution in [3.05, 3.63) is 22.4 Å². The molecule has 2 N–H and O–H groups in total. The first-order valence-electron chi connectivity index (χ1n) is 7.80. The number of carbonyl (C=O) groups is 1. The van der Waals surface area contributed by atoms with E-state index in [0.717, 1.165) is 32.8 Å². The van der Waals surface area contributed by atoms with E-state index in [2.05, 4.69) is 33.0 Å². The molecule has 22 heavy (non-hydrogen) atoms. The number of carbonyl (C=O) groups excluding carboxylic acids is 1. The van der Waals surface area contributed by atoms with Crippen LogP contribution in [0.5, 0.6) is 0 Å². The lowest BCUT2D eigenvalue weighted by molar-refractivity contribution is -0.134. The highest BCUT2D eigenvalue weighted by molar-refractivity contribution is 7.10. The molecule has 0 bridgehead atoms. The zero-order valence-corrected chi connectivity index (χ0v) is 13.4. The van der Waals surface area contributed by atoms with Crippen LogP contribution in [0.15, 0.2) is 17.5 Å². The highest BCUT2D eigenvalue weighted by atomic mass is 32.1. The molecule has 2 fully saturated rings. The molecule has 3 rings (SSSR count). The average Bonchev–Trinajstić information content (AvgIpc) is 3.11. The van der Waals surface area contributed by atoms with Gasteiger partial charge in [-0.05, 0) is 11.4 Å². The standard InChI is InChI=1S/C15H23N3O3S/c19-15(13-11-16-3-6-21-13)17-10-12(14-2-1-9-22-14)18-4-7-20-8-5-18/h1-2,9,12-13,16H,3-8,10-11H2,(H,17,19). The van der Waals surface area contributed by atoms with E-state index in [0.29, 0.717) is 19.7 Å². The third-order valence-corrected chi connectivity index (χ3v) is 5.02. The molecular weight excluding hydrogens is 302 g/mol. The Morgan fingerprint density at radius 3 is 3.00 bits per heavy atom. The Kier molecular flexibility index (Phi) is 5.80. The zero-order valence-electron chi connectivity index (χ0n) is 12.6. The molecule has 0 aliphatic carbocycles. The highest BCUT2D eigenvalue weighted by Crippen LogP contribution is 2.25. The number of hydrogen-bond donors (Lipinski definition) is 2. The van der Waals surface area contributed by atoms with Crippen molar-refractivity contribution in [2.75, 3.05) is 52.5 Å². The van der Waals surface area contributed by atoms with Crippen LogP contribution in [-0.4, -0.2) is 69.5 Å². The lowest BCUT2D eigenvalue weighted by atomic mass is 10.1. The summed E-state index contributed by atoms with van der Waals surface area (Å²) < 4.78 is 10.9. The van der Waals surface area contributed by atoms with Crippen molar-refractivity contribution >= 4 is 17.2 Å². The smallest absolute Gasteiger partial charge is 0.250 e. The SMILES string of the molecule is O=C(NCC(c1cccs1)N1CCOCC1)C1CNCCO1. The van der Waals surface area contributed by atoms with Gasteiger partial charge in [-0.1, -0.05) is 6.07 Å². The molecule has 2 aliphatic heterocycles. The average molecular weight is 325 g/mol. The Bertz CT molecular complexity index is 457. The largest absolute Gasteiger partial charge is 0.379 e. The van der Waals surface area contributed by atoms with Crippen molar-refractivity contribution in [1.82, 2.24) is 15.5 Å². The summed E-state index contributed by atoms with van der Waals surface area (Å²) in [6.07, 6.45) is -0.373. The van der Waals surface area contributed by atoms with Crippen LogP contribution >= 0.6 is 11.3 Å². The third kappa shape index (κ3) is 4.05. The maximum absolute atomic E-state index is 12.2. The number of morpholine rings is 2. The van der Waals surface area contributed by atoms with Crippen molar-refractivity contribution in [2.45, 2.75) is 12.1 Å². The van der Waals surface area contributed by atoms with Gasteiger partial charge in [0.25, 0.3) is 5.91 Å². The highest BCUT2D eigenvalue weighted by Gasteiger charge is 2.26. The summed E-state index contributed by atoms with van der Waals surface area (Å²) in [4.78, 5) is 15.9. The Labute approximate surface area is 134 Å². The molecular formula is C15H23N3O3S. The van der Waals surface area contributed by atoms with Gasteiger partial charge in [0, 0.05) is 37.6 Å². The Balaban J connectivity index is 1.58. The fraction of sp³-hybridized carbons (Fsp3) is 0.667. The molecule has 2 unspecified atom stereocenters. The van der Waals surface area contributed by atoms with E-state index in [1.165, 1.54) is 4.88 Å². The van der Waals surface area contributed by atoms with Gasteiger partial charge in [0.05, 0.1) is 25.9 Å². The van der Waals surface area contributed by atoms with Gasteiger partial charge in [-0.3, -0.25) is 9.69 Å². The second kappa shape index (κ2) is 8.03. The van der Waals surface area contributed by atoms with Gasteiger partial charge in [0.1, 0.15) is 6.10 Å². The molecule has 3 heterocycles. The van der Waals surface area contributed by atoms with Crippen LogP contribution in [0.1, 0.15) is 10.9 Å². The first-order chi connectivity index (χ1) is 10.8. The number of amides is 1. The minimum absolute atomic E-state index is 0.0259. The van der Waals surface area contributed by atoms with Crippen molar-refractivity contribution in [1.29, 1.82) is 0 Å². The fourth-order valence-corrected chi connectivity index (χ4v) is 3.69. The molecule has 7 heteroatoms. The van der Waals surface area contributed by atoms with E-state index in [1.54, 1.807) is 11.3 Å². The first kappa shape index (κ1) is 15.9.